The van der Waals surface area contributed by atoms with E-state index in [1.165, 1.54) is 16.7 Å². The Hall–Kier alpha value is -2.61. The highest BCUT2D eigenvalue weighted by Gasteiger charge is 2.03. The summed E-state index contributed by atoms with van der Waals surface area (Å²) in [5, 5.41) is 3.09. The van der Waals surface area contributed by atoms with Gasteiger partial charge in [0.15, 0.2) is 5.96 Å². The predicted octanol–water partition coefficient (Wildman–Crippen LogP) is 5.34. The van der Waals surface area contributed by atoms with Gasteiger partial charge in [-0.2, -0.15) is 0 Å². The third-order valence-electron chi connectivity index (χ3n) is 4.26. The first kappa shape index (κ1) is 21.7. The number of benzene rings is 2. The third-order valence-corrected chi connectivity index (χ3v) is 4.26. The van der Waals surface area contributed by atoms with E-state index in [4.69, 9.17) is 10.5 Å². The molecule has 0 spiro atoms. The molecule has 0 bridgehead atoms. The molecule has 0 aliphatic heterocycles. The van der Waals surface area contributed by atoms with Crippen LogP contribution < -0.4 is 15.8 Å². The van der Waals surface area contributed by atoms with Crippen molar-refractivity contribution < 1.29 is 4.74 Å². The molecule has 0 fully saturated rings. The van der Waals surface area contributed by atoms with E-state index in [2.05, 4.69) is 29.1 Å². The number of halogens is 1. The van der Waals surface area contributed by atoms with Gasteiger partial charge >= 0.3 is 0 Å². The summed E-state index contributed by atoms with van der Waals surface area (Å²) in [7, 11) is 0. The molecule has 6 heteroatoms. The van der Waals surface area contributed by atoms with Gasteiger partial charge in [-0.3, -0.25) is 0 Å². The van der Waals surface area contributed by atoms with Crippen molar-refractivity contribution in [2.45, 2.75) is 27.3 Å². The fourth-order valence-corrected chi connectivity index (χ4v) is 2.50. The first-order valence-corrected chi connectivity index (χ1v) is 8.83. The van der Waals surface area contributed by atoms with Crippen LogP contribution >= 0.6 is 24.0 Å². The topological polar surface area (TPSA) is 72.5 Å². The number of aromatic nitrogens is 1. The number of nitrogens with two attached hydrogens (primary N) is 1. The number of rotatable bonds is 5. The van der Waals surface area contributed by atoms with Gasteiger partial charge in [0.05, 0.1) is 6.54 Å². The average molecular weight is 488 g/mol. The molecular weight excluding hydrogens is 463 g/mol. The van der Waals surface area contributed by atoms with E-state index in [-0.39, 0.29) is 24.0 Å². The molecule has 0 saturated carbocycles. The lowest BCUT2D eigenvalue weighted by Crippen LogP contribution is -2.22. The number of aryl methyl sites for hydroxylation is 3. The summed E-state index contributed by atoms with van der Waals surface area (Å²) in [4.78, 5) is 8.66. The van der Waals surface area contributed by atoms with Crippen LogP contribution in [0.15, 0.2) is 65.8 Å². The molecule has 3 aromatic rings. The lowest BCUT2D eigenvalue weighted by atomic mass is 10.1. The lowest BCUT2D eigenvalue weighted by Gasteiger charge is -2.08. The zero-order chi connectivity index (χ0) is 19.2. The number of ether oxygens (including phenoxy) is 1. The van der Waals surface area contributed by atoms with Crippen molar-refractivity contribution in [1.29, 1.82) is 0 Å². The highest BCUT2D eigenvalue weighted by Crippen LogP contribution is 2.22. The molecule has 3 rings (SSSR count). The monoisotopic (exact) mass is 488 g/mol. The van der Waals surface area contributed by atoms with Crippen molar-refractivity contribution in [3.05, 3.63) is 83.0 Å². The quantitative estimate of drug-likeness (QED) is 0.289. The summed E-state index contributed by atoms with van der Waals surface area (Å²) in [6.45, 7) is 6.62. The number of nitrogens with one attached hydrogen (secondary N) is 1. The molecule has 0 amide bonds. The molecule has 0 atom stereocenters. The van der Waals surface area contributed by atoms with Crippen LogP contribution in [0.5, 0.6) is 11.6 Å². The van der Waals surface area contributed by atoms with Gasteiger partial charge in [-0.1, -0.05) is 23.8 Å². The van der Waals surface area contributed by atoms with Crippen molar-refractivity contribution in [1.82, 2.24) is 4.98 Å². The van der Waals surface area contributed by atoms with Crippen molar-refractivity contribution in [2.75, 3.05) is 5.32 Å². The van der Waals surface area contributed by atoms with Gasteiger partial charge < -0.3 is 15.8 Å². The highest BCUT2D eigenvalue weighted by atomic mass is 127. The molecule has 0 aliphatic carbocycles. The van der Waals surface area contributed by atoms with Crippen LogP contribution in [-0.4, -0.2) is 10.9 Å². The Kier molecular flexibility index (Phi) is 7.80. The largest absolute Gasteiger partial charge is 0.439 e. The van der Waals surface area contributed by atoms with E-state index < -0.39 is 0 Å². The second-order valence-corrected chi connectivity index (χ2v) is 6.54. The Morgan fingerprint density at radius 1 is 1.00 bits per heavy atom. The van der Waals surface area contributed by atoms with Gasteiger partial charge in [-0.15, -0.1) is 24.0 Å². The Bertz CT molecular complexity index is 955. The second-order valence-electron chi connectivity index (χ2n) is 6.54. The summed E-state index contributed by atoms with van der Waals surface area (Å²) >= 11 is 0. The minimum atomic E-state index is 0. The lowest BCUT2D eigenvalue weighted by molar-refractivity contribution is 0.461. The zero-order valence-corrected chi connectivity index (χ0v) is 18.6. The second kappa shape index (κ2) is 10.1. The summed E-state index contributed by atoms with van der Waals surface area (Å²) in [6, 6.07) is 17.7. The average Bonchev–Trinajstić information content (AvgIpc) is 2.65. The van der Waals surface area contributed by atoms with Gasteiger partial charge in [0.25, 0.3) is 0 Å². The highest BCUT2D eigenvalue weighted by molar-refractivity contribution is 14.0. The van der Waals surface area contributed by atoms with Crippen molar-refractivity contribution >= 4 is 35.6 Å². The number of guanidine groups is 1. The Balaban J connectivity index is 0.00000280. The van der Waals surface area contributed by atoms with Crippen molar-refractivity contribution in [2.24, 2.45) is 10.7 Å². The third kappa shape index (κ3) is 6.23. The molecule has 0 unspecified atom stereocenters. The molecule has 146 valence electrons. The number of anilines is 1. The van der Waals surface area contributed by atoms with Gasteiger partial charge in [0.1, 0.15) is 5.75 Å². The van der Waals surface area contributed by atoms with E-state index in [9.17, 15) is 0 Å². The summed E-state index contributed by atoms with van der Waals surface area (Å²) < 4.78 is 5.86. The molecule has 2 aromatic carbocycles. The van der Waals surface area contributed by atoms with E-state index in [1.807, 2.05) is 61.5 Å². The summed E-state index contributed by atoms with van der Waals surface area (Å²) in [5.74, 6) is 1.68. The van der Waals surface area contributed by atoms with Crippen LogP contribution in [0.25, 0.3) is 0 Å². The van der Waals surface area contributed by atoms with Gasteiger partial charge in [0, 0.05) is 18.0 Å². The van der Waals surface area contributed by atoms with Crippen molar-refractivity contribution in [3.63, 3.8) is 0 Å². The molecule has 3 N–H and O–H groups in total. The van der Waals surface area contributed by atoms with Crippen molar-refractivity contribution in [3.8, 4) is 11.6 Å². The van der Waals surface area contributed by atoms with E-state index in [1.54, 1.807) is 6.20 Å². The maximum absolute atomic E-state index is 5.98. The number of hydrogen-bond donors (Lipinski definition) is 2. The maximum Gasteiger partial charge on any atom is 0.219 e. The van der Waals surface area contributed by atoms with Crippen LogP contribution in [0, 0.1) is 20.8 Å². The number of aliphatic imine (C=N–C) groups is 1. The summed E-state index contributed by atoms with van der Waals surface area (Å²) in [6.07, 6.45) is 1.71. The SMILES string of the molecule is Cc1ccc(NC(N)=NCc2ccnc(Oc3ccc(C)c(C)c3)c2)cc1.I. The normalized spacial score (nSPS) is 10.9. The molecule has 0 saturated heterocycles. The number of pyridine rings is 1. The first-order chi connectivity index (χ1) is 13.0. The van der Waals surface area contributed by atoms with Gasteiger partial charge in [0.2, 0.25) is 5.88 Å². The van der Waals surface area contributed by atoms with E-state index in [0.29, 0.717) is 18.4 Å². The molecule has 1 aromatic heterocycles. The molecule has 0 aliphatic rings. The number of hydrogen-bond acceptors (Lipinski definition) is 3. The minimum absolute atomic E-state index is 0. The maximum atomic E-state index is 5.98. The van der Waals surface area contributed by atoms with Crippen LogP contribution in [0.4, 0.5) is 5.69 Å². The minimum Gasteiger partial charge on any atom is -0.439 e. The van der Waals surface area contributed by atoms with Crippen LogP contribution in [0.1, 0.15) is 22.3 Å². The zero-order valence-electron chi connectivity index (χ0n) is 16.3. The fourth-order valence-electron chi connectivity index (χ4n) is 2.50. The number of nitrogens with zero attached hydrogens (tertiary/aromatic N) is 2. The van der Waals surface area contributed by atoms with Crippen LogP contribution in [-0.2, 0) is 6.54 Å². The van der Waals surface area contributed by atoms with Crippen LogP contribution in [0.2, 0.25) is 0 Å². The van der Waals surface area contributed by atoms with Gasteiger partial charge in [-0.05, 0) is 67.8 Å². The molecule has 28 heavy (non-hydrogen) atoms. The van der Waals surface area contributed by atoms with E-state index >= 15 is 0 Å². The first-order valence-electron chi connectivity index (χ1n) is 8.83. The standard InChI is InChI=1S/C22H24N4O.HI/c1-15-4-7-19(8-5-15)26-22(23)25-14-18-10-11-24-21(13-18)27-20-9-6-16(2)17(3)12-20;/h4-13H,14H2,1-3H3,(H3,23,25,26);1H. The fraction of sp³-hybridized carbons (Fsp3) is 0.182. The Labute approximate surface area is 183 Å². The predicted molar refractivity (Wildman–Crippen MR) is 126 cm³/mol. The smallest absolute Gasteiger partial charge is 0.219 e. The Morgan fingerprint density at radius 3 is 2.46 bits per heavy atom. The molecule has 5 nitrogen and oxygen atoms in total. The summed E-state index contributed by atoms with van der Waals surface area (Å²) in [5.41, 5.74) is 11.5. The van der Waals surface area contributed by atoms with Gasteiger partial charge in [-0.25, -0.2) is 9.98 Å². The van der Waals surface area contributed by atoms with E-state index in [0.717, 1.165) is 17.0 Å². The molecular formula is C22H25IN4O. The molecule has 0 radical (unpaired) electrons. The molecule has 1 heterocycles. The van der Waals surface area contributed by atoms with Crippen LogP contribution in [0.3, 0.4) is 0 Å². The Morgan fingerprint density at radius 2 is 1.75 bits per heavy atom.